The van der Waals surface area contributed by atoms with Gasteiger partial charge in [0.15, 0.2) is 11.5 Å². The van der Waals surface area contributed by atoms with Crippen molar-refractivity contribution in [1.29, 1.82) is 0 Å². The Balaban J connectivity index is 1.61. The summed E-state index contributed by atoms with van der Waals surface area (Å²) in [7, 11) is 0. The fourth-order valence-corrected chi connectivity index (χ4v) is 3.82. The van der Waals surface area contributed by atoms with E-state index in [1.807, 2.05) is 13.0 Å². The Kier molecular flexibility index (Phi) is 7.98. The molecule has 1 aromatic carbocycles. The highest BCUT2D eigenvalue weighted by atomic mass is 19.1. The largest absolute Gasteiger partial charge is 0.380 e. The molecule has 0 radical (unpaired) electrons. The Bertz CT molecular complexity index is 1110. The maximum absolute atomic E-state index is 13.3. The Morgan fingerprint density at radius 2 is 1.91 bits per heavy atom. The maximum Gasteiger partial charge on any atom is 0.293 e. The summed E-state index contributed by atoms with van der Waals surface area (Å²) in [6, 6.07) is 8.08. The van der Waals surface area contributed by atoms with Gasteiger partial charge in [-0.3, -0.25) is 14.3 Å². The fourth-order valence-electron chi connectivity index (χ4n) is 3.82. The maximum atomic E-state index is 13.3. The number of fused-ring (bicyclic) bond motifs is 1. The lowest BCUT2D eigenvalue weighted by Crippen LogP contribution is -2.39. The zero-order valence-corrected chi connectivity index (χ0v) is 18.9. The van der Waals surface area contributed by atoms with Crippen LogP contribution in [0, 0.1) is 5.82 Å². The van der Waals surface area contributed by atoms with Crippen molar-refractivity contribution >= 4 is 17.0 Å². The molecule has 176 valence electrons. The molecule has 0 bridgehead atoms. The third kappa shape index (κ3) is 5.93. The van der Waals surface area contributed by atoms with Gasteiger partial charge in [-0.05, 0) is 30.2 Å². The van der Waals surface area contributed by atoms with Crippen molar-refractivity contribution in [1.82, 2.24) is 19.4 Å². The molecule has 1 aliphatic rings. The van der Waals surface area contributed by atoms with E-state index < -0.39 is 0 Å². The minimum absolute atomic E-state index is 0.206. The van der Waals surface area contributed by atoms with Gasteiger partial charge < -0.3 is 14.8 Å². The lowest BCUT2D eigenvalue weighted by atomic mass is 10.1. The summed E-state index contributed by atoms with van der Waals surface area (Å²) >= 11 is 0. The average Bonchev–Trinajstić information content (AvgIpc) is 2.84. The van der Waals surface area contributed by atoms with Gasteiger partial charge in [-0.15, -0.1) is 0 Å². The highest BCUT2D eigenvalue weighted by Crippen LogP contribution is 2.22. The molecular formula is C24H30FN5O3. The number of aromatic nitrogens is 3. The summed E-state index contributed by atoms with van der Waals surface area (Å²) in [5.41, 5.74) is 2.51. The smallest absolute Gasteiger partial charge is 0.293 e. The molecule has 3 heterocycles. The van der Waals surface area contributed by atoms with Crippen LogP contribution in [0.4, 0.5) is 10.2 Å². The Morgan fingerprint density at radius 1 is 1.12 bits per heavy atom. The van der Waals surface area contributed by atoms with E-state index >= 15 is 0 Å². The molecule has 33 heavy (non-hydrogen) atoms. The number of halogens is 1. The van der Waals surface area contributed by atoms with E-state index in [4.69, 9.17) is 9.47 Å². The molecule has 1 N–H and O–H groups in total. The van der Waals surface area contributed by atoms with E-state index in [1.165, 1.54) is 12.1 Å². The van der Waals surface area contributed by atoms with Crippen molar-refractivity contribution in [2.24, 2.45) is 0 Å². The molecule has 0 atom stereocenters. The second-order valence-corrected chi connectivity index (χ2v) is 7.98. The second-order valence-electron chi connectivity index (χ2n) is 7.98. The number of nitrogens with one attached hydrogen (secondary N) is 1. The van der Waals surface area contributed by atoms with E-state index in [0.29, 0.717) is 37.5 Å². The number of hydrogen-bond acceptors (Lipinski definition) is 7. The number of rotatable bonds is 10. The van der Waals surface area contributed by atoms with Crippen molar-refractivity contribution in [3.8, 4) is 11.1 Å². The number of pyridine rings is 1. The number of anilines is 1. The molecule has 3 aromatic rings. The van der Waals surface area contributed by atoms with Gasteiger partial charge in [-0.1, -0.05) is 19.1 Å². The van der Waals surface area contributed by atoms with Gasteiger partial charge in [-0.25, -0.2) is 14.4 Å². The lowest BCUT2D eigenvalue weighted by molar-refractivity contribution is 0.0398. The third-order valence-corrected chi connectivity index (χ3v) is 5.61. The molecule has 2 aromatic heterocycles. The van der Waals surface area contributed by atoms with Crippen LogP contribution in [0.1, 0.15) is 13.3 Å². The third-order valence-electron chi connectivity index (χ3n) is 5.61. The number of hydrogen-bond donors (Lipinski definition) is 1. The zero-order valence-electron chi connectivity index (χ0n) is 18.9. The highest BCUT2D eigenvalue weighted by molar-refractivity contribution is 5.79. The van der Waals surface area contributed by atoms with Gasteiger partial charge in [0.05, 0.1) is 25.3 Å². The first-order valence-corrected chi connectivity index (χ1v) is 11.4. The van der Waals surface area contributed by atoms with Crippen LogP contribution in [0.15, 0.2) is 41.3 Å². The van der Waals surface area contributed by atoms with Gasteiger partial charge in [0.25, 0.3) is 5.56 Å². The minimum Gasteiger partial charge on any atom is -0.380 e. The van der Waals surface area contributed by atoms with Crippen molar-refractivity contribution in [3.05, 3.63) is 52.7 Å². The average molecular weight is 456 g/mol. The van der Waals surface area contributed by atoms with Crippen LogP contribution in [0.3, 0.4) is 0 Å². The SMILES string of the molecule is CCCOCCn1c(=O)c(NCCN2CCOCC2)nc2ncc(-c3ccc(F)cc3)cc21. The molecule has 0 unspecified atom stereocenters. The summed E-state index contributed by atoms with van der Waals surface area (Å²) in [6.07, 6.45) is 2.61. The second kappa shape index (κ2) is 11.3. The van der Waals surface area contributed by atoms with Crippen LogP contribution in [0.25, 0.3) is 22.3 Å². The van der Waals surface area contributed by atoms with E-state index in [2.05, 4.69) is 20.2 Å². The molecule has 4 rings (SSSR count). The van der Waals surface area contributed by atoms with Crippen LogP contribution in [-0.2, 0) is 16.0 Å². The van der Waals surface area contributed by atoms with E-state index in [-0.39, 0.29) is 17.2 Å². The lowest BCUT2D eigenvalue weighted by Gasteiger charge is -2.26. The quantitative estimate of drug-likeness (QED) is 0.471. The molecule has 0 aliphatic carbocycles. The van der Waals surface area contributed by atoms with E-state index in [9.17, 15) is 9.18 Å². The number of nitrogens with zero attached hydrogens (tertiary/aromatic N) is 4. The molecule has 1 fully saturated rings. The minimum atomic E-state index is -0.299. The van der Waals surface area contributed by atoms with Gasteiger partial charge in [-0.2, -0.15) is 0 Å². The summed E-state index contributed by atoms with van der Waals surface area (Å²) in [6.45, 7) is 8.15. The molecule has 0 amide bonds. The number of morpholine rings is 1. The molecular weight excluding hydrogens is 425 g/mol. The van der Waals surface area contributed by atoms with Gasteiger partial charge in [0.1, 0.15) is 5.82 Å². The normalized spacial score (nSPS) is 14.6. The van der Waals surface area contributed by atoms with Crippen LogP contribution < -0.4 is 10.9 Å². The van der Waals surface area contributed by atoms with Crippen molar-refractivity contribution in [3.63, 3.8) is 0 Å². The molecule has 9 heteroatoms. The van der Waals surface area contributed by atoms with Gasteiger partial charge in [0.2, 0.25) is 0 Å². The predicted molar refractivity (Wildman–Crippen MR) is 126 cm³/mol. The van der Waals surface area contributed by atoms with Crippen molar-refractivity contribution < 1.29 is 13.9 Å². The fraction of sp³-hybridized carbons (Fsp3) is 0.458. The van der Waals surface area contributed by atoms with Gasteiger partial charge >= 0.3 is 0 Å². The van der Waals surface area contributed by atoms with Crippen LogP contribution in [0.2, 0.25) is 0 Å². The van der Waals surface area contributed by atoms with Crippen LogP contribution in [-0.4, -0.2) is 72.0 Å². The standard InChI is InChI=1S/C24H30FN5O3/c1-2-12-32-15-11-30-21-16-19(18-3-5-20(25)6-4-18)17-27-22(21)28-23(24(30)31)26-7-8-29-9-13-33-14-10-29/h3-6,16-17H,2,7-15H2,1H3,(H,26,27,28). The molecule has 8 nitrogen and oxygen atoms in total. The topological polar surface area (TPSA) is 81.5 Å². The molecule has 0 spiro atoms. The van der Waals surface area contributed by atoms with Crippen molar-refractivity contribution in [2.75, 3.05) is 57.9 Å². The Labute approximate surface area is 192 Å². The number of ether oxygens (including phenoxy) is 2. The molecule has 0 saturated carbocycles. The summed E-state index contributed by atoms with van der Waals surface area (Å²) < 4.78 is 26.0. The highest BCUT2D eigenvalue weighted by Gasteiger charge is 2.15. The predicted octanol–water partition coefficient (Wildman–Crippen LogP) is 2.77. The first kappa shape index (κ1) is 23.3. The van der Waals surface area contributed by atoms with E-state index in [0.717, 1.165) is 50.4 Å². The Morgan fingerprint density at radius 3 is 2.67 bits per heavy atom. The summed E-state index contributed by atoms with van der Waals surface area (Å²) in [5.74, 6) is -0.0137. The Hall–Kier alpha value is -2.88. The molecule has 1 saturated heterocycles. The van der Waals surface area contributed by atoms with Crippen LogP contribution in [0.5, 0.6) is 0 Å². The first-order valence-electron chi connectivity index (χ1n) is 11.4. The zero-order chi connectivity index (χ0) is 23.0. The summed E-state index contributed by atoms with van der Waals surface area (Å²) in [5, 5.41) is 3.20. The van der Waals surface area contributed by atoms with Crippen LogP contribution >= 0.6 is 0 Å². The van der Waals surface area contributed by atoms with Crippen molar-refractivity contribution in [2.45, 2.75) is 19.9 Å². The van der Waals surface area contributed by atoms with Gasteiger partial charge in [0, 0.05) is 51.1 Å². The molecule has 1 aliphatic heterocycles. The summed E-state index contributed by atoms with van der Waals surface area (Å²) in [4.78, 5) is 24.6. The van der Waals surface area contributed by atoms with E-state index in [1.54, 1.807) is 22.9 Å². The first-order chi connectivity index (χ1) is 16.2. The number of benzene rings is 1. The monoisotopic (exact) mass is 455 g/mol.